The first-order chi connectivity index (χ1) is 50.0. The number of likely N-dealkylation sites (tertiary alicyclic amines) is 3. The number of halogens is 3. The van der Waals surface area contributed by atoms with Crippen LogP contribution < -0.4 is 30.1 Å². The van der Waals surface area contributed by atoms with E-state index in [0.29, 0.717) is 122 Å². The van der Waals surface area contributed by atoms with Crippen molar-refractivity contribution in [2.24, 2.45) is 17.8 Å². The average molecular weight is 1500 g/mol. The number of anilines is 3. The summed E-state index contributed by atoms with van der Waals surface area (Å²) in [4.78, 5) is 80.0. The second-order valence-electron chi connectivity index (χ2n) is 31.6. The number of carbonyl (C=O) groups excluding carboxylic acids is 5. The fourth-order valence-corrected chi connectivity index (χ4v) is 21.7. The van der Waals surface area contributed by atoms with Gasteiger partial charge in [-0.2, -0.15) is 15.3 Å². The van der Waals surface area contributed by atoms with E-state index in [1.165, 1.54) is 7.11 Å². The van der Waals surface area contributed by atoms with Crippen molar-refractivity contribution in [2.45, 2.75) is 168 Å². The number of ether oxygens (including phenoxy) is 1. The fraction of sp³-hybridized carbons (Fsp3) is 0.533. The van der Waals surface area contributed by atoms with Crippen molar-refractivity contribution in [1.82, 2.24) is 64.6 Å². The maximum atomic E-state index is 14.5. The van der Waals surface area contributed by atoms with E-state index in [9.17, 15) is 32.4 Å². The molecule has 0 radical (unpaired) electrons. The third-order valence-corrected chi connectivity index (χ3v) is 27.7. The van der Waals surface area contributed by atoms with Gasteiger partial charge in [0.15, 0.2) is 11.5 Å². The van der Waals surface area contributed by atoms with Crippen LogP contribution in [0, 0.1) is 17.8 Å². The van der Waals surface area contributed by atoms with Crippen LogP contribution in [0.25, 0.3) is 11.3 Å². The molecule has 548 valence electrons. The maximum Gasteiger partial charge on any atom is 0.407 e. The van der Waals surface area contributed by atoms with Crippen molar-refractivity contribution in [2.75, 3.05) is 82.2 Å². The van der Waals surface area contributed by atoms with Gasteiger partial charge in [0, 0.05) is 152 Å². The van der Waals surface area contributed by atoms with Crippen LogP contribution in [0.4, 0.5) is 21.9 Å². The molecule has 3 N–H and O–H groups in total. The molecule has 2 unspecified atom stereocenters. The molecule has 6 aliphatic heterocycles. The number of fused-ring (bicyclic) bond motifs is 6. The summed E-state index contributed by atoms with van der Waals surface area (Å²) in [6, 6.07) is 14.8. The molecule has 0 bridgehead atoms. The van der Waals surface area contributed by atoms with Gasteiger partial charge < -0.3 is 34.6 Å². The Morgan fingerprint density at radius 3 is 1.53 bits per heavy atom. The number of nitrogens with zero attached hydrogens (tertiary/aromatic N) is 13. The number of hydrogen-bond donors (Lipinski definition) is 3. The summed E-state index contributed by atoms with van der Waals surface area (Å²) in [5.41, 5.74) is 8.10. The minimum absolute atomic E-state index is 0.0122. The molecule has 4 aromatic heterocycles. The molecule has 2 atom stereocenters. The Bertz CT molecular complexity index is 4680. The number of methoxy groups -OCH3 is 1. The quantitative estimate of drug-likeness (QED) is 0.0642. The SMILES string of the molecule is COC(=O)NC1CC(Cn2cc(CN3CCC4(CC3)C(=O)N(C)c3c(-c5cc(C(=O)NC6CC(Cn7cc(CN8CCC9(CC8)C(=O)N(C)c8c(C%10CC%10S(=O)(=O)NC%10CC(Cn%11cc(CN%12CCC%13(CC%12)C(=O)N(C)c%12ccc(Cl)cc%12%13)cn%11)C%10)cc(Cl)cc89)cn7)C6)no5)cc(Cl)cc34)cn2)C1. The summed E-state index contributed by atoms with van der Waals surface area (Å²) >= 11 is 20.2. The highest BCUT2D eigenvalue weighted by Crippen LogP contribution is 2.58. The molecule has 3 spiro atoms. The van der Waals surface area contributed by atoms with Crippen molar-refractivity contribution in [3.05, 3.63) is 145 Å². The molecule has 17 rings (SSSR count). The zero-order chi connectivity index (χ0) is 71.9. The number of aromatic nitrogens is 7. The molecular formula is C75H87Cl3N16O9S. The topological polar surface area (TPSA) is 264 Å². The van der Waals surface area contributed by atoms with E-state index >= 15 is 0 Å². The number of alkyl carbamates (subject to hydrolysis) is 1. The van der Waals surface area contributed by atoms with Crippen LogP contribution in [0.5, 0.6) is 0 Å². The largest absolute Gasteiger partial charge is 0.453 e. The van der Waals surface area contributed by atoms with Gasteiger partial charge in [-0.15, -0.1) is 0 Å². The van der Waals surface area contributed by atoms with Crippen LogP contribution in [-0.4, -0.2) is 178 Å². The lowest BCUT2D eigenvalue weighted by atomic mass is 9.73. The zero-order valence-corrected chi connectivity index (χ0v) is 62.0. The van der Waals surface area contributed by atoms with Crippen LogP contribution in [0.3, 0.4) is 0 Å². The molecule has 4 aliphatic carbocycles. The number of nitrogens with one attached hydrogen (secondary N) is 3. The summed E-state index contributed by atoms with van der Waals surface area (Å²) < 4.78 is 47.7. The summed E-state index contributed by atoms with van der Waals surface area (Å²) in [7, 11) is 3.16. The molecule has 25 nitrogen and oxygen atoms in total. The Balaban J connectivity index is 0.449. The van der Waals surface area contributed by atoms with Crippen molar-refractivity contribution < 1.29 is 41.7 Å². The number of carbonyl (C=O) groups is 5. The molecule has 3 saturated heterocycles. The van der Waals surface area contributed by atoms with E-state index in [1.807, 2.05) is 83.1 Å². The van der Waals surface area contributed by atoms with Crippen LogP contribution >= 0.6 is 34.8 Å². The highest BCUT2D eigenvalue weighted by Gasteiger charge is 2.58. The predicted octanol–water partition coefficient (Wildman–Crippen LogP) is 9.02. The number of amides is 5. The highest BCUT2D eigenvalue weighted by atomic mass is 35.5. The van der Waals surface area contributed by atoms with E-state index in [1.54, 1.807) is 33.9 Å². The van der Waals surface area contributed by atoms with Gasteiger partial charge in [-0.25, -0.2) is 17.9 Å². The molecule has 29 heteroatoms. The van der Waals surface area contributed by atoms with Crippen molar-refractivity contribution in [1.29, 1.82) is 0 Å². The first-order valence-corrected chi connectivity index (χ1v) is 39.4. The van der Waals surface area contributed by atoms with Crippen LogP contribution in [0.2, 0.25) is 15.1 Å². The van der Waals surface area contributed by atoms with Crippen LogP contribution in [0.1, 0.15) is 139 Å². The van der Waals surface area contributed by atoms with Gasteiger partial charge in [0.05, 0.1) is 58.6 Å². The summed E-state index contributed by atoms with van der Waals surface area (Å²) in [6.07, 6.45) is 20.8. The van der Waals surface area contributed by atoms with Crippen molar-refractivity contribution in [3.8, 4) is 11.3 Å². The number of sulfonamides is 1. The molecule has 7 fully saturated rings. The van der Waals surface area contributed by atoms with E-state index in [4.69, 9.17) is 49.2 Å². The number of hydrogen-bond acceptors (Lipinski definition) is 16. The zero-order valence-electron chi connectivity index (χ0n) is 58.9. The number of likely N-dealkylation sites (N-methyl/N-ethyl adjacent to an activating group) is 3. The van der Waals surface area contributed by atoms with Crippen molar-refractivity contribution >= 4 is 91.6 Å². The first-order valence-electron chi connectivity index (χ1n) is 36.7. The van der Waals surface area contributed by atoms with Gasteiger partial charge in [0.1, 0.15) is 0 Å². The molecule has 104 heavy (non-hydrogen) atoms. The smallest absolute Gasteiger partial charge is 0.407 e. The minimum Gasteiger partial charge on any atom is -0.453 e. The summed E-state index contributed by atoms with van der Waals surface area (Å²) in [6.45, 7) is 8.70. The maximum absolute atomic E-state index is 14.5. The first kappa shape index (κ1) is 69.4. The van der Waals surface area contributed by atoms with Gasteiger partial charge in [-0.05, 0) is 205 Å². The molecule has 7 aromatic rings. The molecule has 10 heterocycles. The molecule has 10 aliphatic rings. The molecule has 5 amide bonds. The number of piperidine rings is 3. The lowest BCUT2D eigenvalue weighted by Crippen LogP contribution is -2.47. The fourth-order valence-electron chi connectivity index (χ4n) is 19.2. The van der Waals surface area contributed by atoms with Crippen LogP contribution in [-0.2, 0) is 84.7 Å². The Kier molecular flexibility index (Phi) is 17.8. The van der Waals surface area contributed by atoms with Crippen LogP contribution in [0.15, 0.2) is 90.2 Å². The third-order valence-electron chi connectivity index (χ3n) is 25.0. The lowest BCUT2D eigenvalue weighted by Gasteiger charge is -2.38. The van der Waals surface area contributed by atoms with Gasteiger partial charge in [0.2, 0.25) is 27.7 Å². The number of benzene rings is 3. The monoisotopic (exact) mass is 1490 g/mol. The van der Waals surface area contributed by atoms with Gasteiger partial charge in [-0.3, -0.25) is 47.9 Å². The van der Waals surface area contributed by atoms with Crippen molar-refractivity contribution in [3.63, 3.8) is 0 Å². The Labute approximate surface area is 619 Å². The Hall–Kier alpha value is -7.69. The Morgan fingerprint density at radius 2 is 1.01 bits per heavy atom. The highest BCUT2D eigenvalue weighted by molar-refractivity contribution is 7.90. The average Bonchev–Trinajstić information content (AvgIpc) is 1.55. The summed E-state index contributed by atoms with van der Waals surface area (Å²) in [5, 5.41) is 25.3. The van der Waals surface area contributed by atoms with E-state index in [0.717, 1.165) is 140 Å². The Morgan fingerprint density at radius 1 is 0.558 bits per heavy atom. The normalized spacial score (nSPS) is 26.0. The van der Waals surface area contributed by atoms with E-state index in [2.05, 4.69) is 64.0 Å². The number of rotatable bonds is 20. The van der Waals surface area contributed by atoms with E-state index in [-0.39, 0.29) is 53.4 Å². The lowest BCUT2D eigenvalue weighted by molar-refractivity contribution is -0.125. The second kappa shape index (κ2) is 26.7. The third kappa shape index (κ3) is 12.5. The standard InChI is InChI=1S/C75H87Cl3N16O9S/c1-86-63-6-5-50(76)27-59(63)73(69(86)96)7-13-89(14-8-73)35-47-34-81-94(43-47)40-46-23-55(24-46)85-104(100,101)65-30-56(65)57-25-51(77)28-60-66(57)87(2)70(97)74(60)9-15-90(16-10-74)36-48-32-79-92(41-48)38-44-19-53(20-44)82-68(95)62-31-64(103-84-62)58-26-52(78)29-61-67(58)88(3)71(98)75(61)11-17-91(18-12-75)37-49-33-80-93(42-49)39-45-21-54(22-45)83-72(99)102-4/h5-6,25-29,31-34,41-46,53-56,65,85H,7-24,30,35-40H2,1-4H3,(H,82,95)(H,83,99). The van der Waals surface area contributed by atoms with E-state index < -0.39 is 37.6 Å². The molecule has 3 aromatic carbocycles. The van der Waals surface area contributed by atoms with Gasteiger partial charge in [-0.1, -0.05) is 40.0 Å². The minimum atomic E-state index is -3.67. The molecular weight excluding hydrogens is 1410 g/mol. The summed E-state index contributed by atoms with van der Waals surface area (Å²) in [5.74, 6) is 0.966. The van der Waals surface area contributed by atoms with Gasteiger partial charge >= 0.3 is 6.09 Å². The molecule has 4 saturated carbocycles. The van der Waals surface area contributed by atoms with Gasteiger partial charge in [0.25, 0.3) is 5.91 Å². The predicted molar refractivity (Wildman–Crippen MR) is 391 cm³/mol. The second-order valence-corrected chi connectivity index (χ2v) is 34.9.